The van der Waals surface area contributed by atoms with Gasteiger partial charge in [0.15, 0.2) is 0 Å². The minimum Gasteiger partial charge on any atom is -0.462 e. The maximum atomic E-state index is 11.4. The molecule has 0 radical (unpaired) electrons. The molecule has 0 N–H and O–H groups in total. The van der Waals surface area contributed by atoms with Gasteiger partial charge in [-0.15, -0.1) is 0 Å². The first-order valence-corrected chi connectivity index (χ1v) is 5.69. The van der Waals surface area contributed by atoms with Crippen LogP contribution in [-0.2, 0) is 11.2 Å². The third kappa shape index (κ3) is 4.78. The predicted octanol–water partition coefficient (Wildman–Crippen LogP) is 2.59. The van der Waals surface area contributed by atoms with E-state index >= 15 is 0 Å². The Hall–Kier alpha value is -2.17. The summed E-state index contributed by atoms with van der Waals surface area (Å²) in [5, 5.41) is 10.1. The topological polar surface area (TPSA) is 69.4 Å². The summed E-state index contributed by atoms with van der Waals surface area (Å²) < 4.78 is 4.87. The molecule has 18 heavy (non-hydrogen) atoms. The van der Waals surface area contributed by atoms with Crippen molar-refractivity contribution in [3.8, 4) is 0 Å². The van der Waals surface area contributed by atoms with E-state index in [4.69, 9.17) is 4.74 Å². The highest BCUT2D eigenvalue weighted by Crippen LogP contribution is 2.08. The number of ether oxygens (including phenoxy) is 1. The summed E-state index contributed by atoms with van der Waals surface area (Å²) in [6.07, 6.45) is 3.75. The molecule has 0 spiro atoms. The van der Waals surface area contributed by atoms with Crippen LogP contribution < -0.4 is 0 Å². The summed E-state index contributed by atoms with van der Waals surface area (Å²) in [7, 11) is 0. The van der Waals surface area contributed by atoms with E-state index in [9.17, 15) is 14.9 Å². The van der Waals surface area contributed by atoms with Crippen molar-refractivity contribution in [2.45, 2.75) is 19.8 Å². The van der Waals surface area contributed by atoms with E-state index in [0.29, 0.717) is 25.0 Å². The molecule has 0 fully saturated rings. The first-order valence-electron chi connectivity index (χ1n) is 5.69. The highest BCUT2D eigenvalue weighted by molar-refractivity contribution is 5.89. The molecule has 0 aliphatic carbocycles. The van der Waals surface area contributed by atoms with E-state index < -0.39 is 4.92 Å². The fourth-order valence-electron chi connectivity index (χ4n) is 1.43. The van der Waals surface area contributed by atoms with Gasteiger partial charge in [0.25, 0.3) is 0 Å². The van der Waals surface area contributed by atoms with Crippen LogP contribution in [0.2, 0.25) is 0 Å². The van der Waals surface area contributed by atoms with Crippen molar-refractivity contribution in [3.05, 3.63) is 57.8 Å². The van der Waals surface area contributed by atoms with Crippen molar-refractivity contribution in [2.75, 3.05) is 6.61 Å². The Morgan fingerprint density at radius 2 is 2.06 bits per heavy atom. The molecule has 0 atom stereocenters. The molecule has 0 unspecified atom stereocenters. The normalized spacial score (nSPS) is 10.5. The molecule has 1 aromatic rings. The van der Waals surface area contributed by atoms with Gasteiger partial charge in [-0.2, -0.15) is 0 Å². The number of allylic oxidation sites excluding steroid dienone is 1. The van der Waals surface area contributed by atoms with Gasteiger partial charge in [-0.05, 0) is 43.5 Å². The molecular weight excluding hydrogens is 234 g/mol. The number of carbonyl (C=O) groups is 1. The fraction of sp³-hybridized carbons (Fsp3) is 0.308. The van der Waals surface area contributed by atoms with Crippen molar-refractivity contribution in [1.82, 2.24) is 0 Å². The fourth-order valence-corrected chi connectivity index (χ4v) is 1.43. The zero-order valence-corrected chi connectivity index (χ0v) is 10.2. The zero-order valence-electron chi connectivity index (χ0n) is 10.2. The van der Waals surface area contributed by atoms with Crippen molar-refractivity contribution < 1.29 is 14.5 Å². The van der Waals surface area contributed by atoms with Gasteiger partial charge in [-0.25, -0.2) is 4.79 Å². The second-order valence-corrected chi connectivity index (χ2v) is 3.63. The van der Waals surface area contributed by atoms with Gasteiger partial charge < -0.3 is 4.74 Å². The summed E-state index contributed by atoms with van der Waals surface area (Å²) in [5.74, 6) is -0.336. The van der Waals surface area contributed by atoms with Gasteiger partial charge in [0.1, 0.15) is 0 Å². The lowest BCUT2D eigenvalue weighted by atomic mass is 10.1. The lowest BCUT2D eigenvalue weighted by molar-refractivity contribution is -0.402. The maximum Gasteiger partial charge on any atom is 0.338 e. The van der Waals surface area contributed by atoms with Gasteiger partial charge in [0.2, 0.25) is 6.20 Å². The molecule has 0 saturated heterocycles. The molecule has 0 aliphatic rings. The summed E-state index contributed by atoms with van der Waals surface area (Å²) >= 11 is 0. The molecule has 1 aromatic carbocycles. The monoisotopic (exact) mass is 249 g/mol. The zero-order chi connectivity index (χ0) is 13.4. The van der Waals surface area contributed by atoms with Crippen LogP contribution in [0.4, 0.5) is 0 Å². The Bertz CT molecular complexity index is 437. The second-order valence-electron chi connectivity index (χ2n) is 3.63. The number of rotatable bonds is 6. The quantitative estimate of drug-likeness (QED) is 0.441. The first kappa shape index (κ1) is 13.9. The Morgan fingerprint density at radius 1 is 1.39 bits per heavy atom. The lowest BCUT2D eigenvalue weighted by Gasteiger charge is -2.02. The minimum absolute atomic E-state index is 0.336. The van der Waals surface area contributed by atoms with Crippen LogP contribution in [0.15, 0.2) is 36.5 Å². The maximum absolute atomic E-state index is 11.4. The Morgan fingerprint density at radius 3 is 2.61 bits per heavy atom. The molecule has 5 heteroatoms. The number of carbonyl (C=O) groups excluding carboxylic acids is 1. The minimum atomic E-state index is -0.482. The van der Waals surface area contributed by atoms with Crippen molar-refractivity contribution in [1.29, 1.82) is 0 Å². The van der Waals surface area contributed by atoms with Gasteiger partial charge in [0, 0.05) is 0 Å². The van der Waals surface area contributed by atoms with Crippen LogP contribution in [0.25, 0.3) is 0 Å². The van der Waals surface area contributed by atoms with Gasteiger partial charge in [0.05, 0.1) is 17.1 Å². The molecule has 0 bridgehead atoms. The van der Waals surface area contributed by atoms with Crippen molar-refractivity contribution in [3.63, 3.8) is 0 Å². The van der Waals surface area contributed by atoms with Crippen LogP contribution in [0.1, 0.15) is 29.3 Å². The summed E-state index contributed by atoms with van der Waals surface area (Å²) in [6.45, 7) is 2.11. The third-order valence-electron chi connectivity index (χ3n) is 2.29. The number of hydrogen-bond acceptors (Lipinski definition) is 4. The number of hydrogen-bond donors (Lipinski definition) is 0. The highest BCUT2D eigenvalue weighted by Gasteiger charge is 2.05. The standard InChI is InChI=1S/C13H15NO4/c1-2-18-13(15)12-8-6-11(7-9-12)5-3-4-10-14(16)17/h4,6-10H,2-3,5H2,1H3/b10-4+. The van der Waals surface area contributed by atoms with E-state index in [1.54, 1.807) is 19.1 Å². The van der Waals surface area contributed by atoms with Crippen LogP contribution in [0.5, 0.6) is 0 Å². The number of nitrogens with zero attached hydrogens (tertiary/aromatic N) is 1. The molecule has 0 heterocycles. The Balaban J connectivity index is 2.50. The smallest absolute Gasteiger partial charge is 0.338 e. The lowest BCUT2D eigenvalue weighted by Crippen LogP contribution is -2.04. The summed E-state index contributed by atoms with van der Waals surface area (Å²) in [6, 6.07) is 7.05. The number of benzene rings is 1. The first-order chi connectivity index (χ1) is 8.63. The molecular formula is C13H15NO4. The largest absolute Gasteiger partial charge is 0.462 e. The van der Waals surface area contributed by atoms with Crippen LogP contribution in [0.3, 0.4) is 0 Å². The molecule has 0 aliphatic heterocycles. The SMILES string of the molecule is CCOC(=O)c1ccc(CC/C=C/[N+](=O)[O-])cc1. The van der Waals surface area contributed by atoms with E-state index in [-0.39, 0.29) is 5.97 Å². The van der Waals surface area contributed by atoms with Crippen LogP contribution in [-0.4, -0.2) is 17.5 Å². The average molecular weight is 249 g/mol. The Labute approximate surface area is 105 Å². The summed E-state index contributed by atoms with van der Waals surface area (Å²) in [5.41, 5.74) is 1.54. The molecule has 0 aromatic heterocycles. The molecule has 5 nitrogen and oxygen atoms in total. The number of nitro groups is 1. The summed E-state index contributed by atoms with van der Waals surface area (Å²) in [4.78, 5) is 21.0. The van der Waals surface area contributed by atoms with E-state index in [1.807, 2.05) is 12.1 Å². The third-order valence-corrected chi connectivity index (χ3v) is 2.29. The van der Waals surface area contributed by atoms with Gasteiger partial charge in [-0.1, -0.05) is 12.1 Å². The van der Waals surface area contributed by atoms with Crippen LogP contribution in [0, 0.1) is 10.1 Å². The Kier molecular flexibility index (Phi) is 5.57. The molecule has 1 rings (SSSR count). The van der Waals surface area contributed by atoms with E-state index in [2.05, 4.69) is 0 Å². The predicted molar refractivity (Wildman–Crippen MR) is 66.9 cm³/mol. The van der Waals surface area contributed by atoms with E-state index in [0.717, 1.165) is 11.8 Å². The van der Waals surface area contributed by atoms with Gasteiger partial charge in [-0.3, -0.25) is 10.1 Å². The molecule has 0 amide bonds. The molecule has 96 valence electrons. The number of esters is 1. The highest BCUT2D eigenvalue weighted by atomic mass is 16.6. The average Bonchev–Trinajstić information content (AvgIpc) is 2.35. The second kappa shape index (κ2) is 7.21. The number of aryl methyl sites for hydroxylation is 1. The van der Waals surface area contributed by atoms with Crippen LogP contribution >= 0.6 is 0 Å². The molecule has 0 saturated carbocycles. The van der Waals surface area contributed by atoms with Crippen molar-refractivity contribution >= 4 is 5.97 Å². The van der Waals surface area contributed by atoms with E-state index in [1.165, 1.54) is 6.08 Å². The van der Waals surface area contributed by atoms with Gasteiger partial charge >= 0.3 is 5.97 Å². The van der Waals surface area contributed by atoms with Crippen molar-refractivity contribution in [2.24, 2.45) is 0 Å².